The van der Waals surface area contributed by atoms with Crippen LogP contribution in [0.3, 0.4) is 0 Å². The summed E-state index contributed by atoms with van der Waals surface area (Å²) in [5.41, 5.74) is 2.70. The summed E-state index contributed by atoms with van der Waals surface area (Å²) in [6.07, 6.45) is 1.12. The summed E-state index contributed by atoms with van der Waals surface area (Å²) in [6, 6.07) is 6.42. The van der Waals surface area contributed by atoms with Crippen LogP contribution in [0.1, 0.15) is 18.1 Å². The molecule has 3 nitrogen and oxygen atoms in total. The van der Waals surface area contributed by atoms with E-state index < -0.39 is 0 Å². The van der Waals surface area contributed by atoms with E-state index in [2.05, 4.69) is 30.4 Å². The number of benzene rings is 1. The zero-order valence-corrected chi connectivity index (χ0v) is 9.58. The fraction of sp³-hybridized carbons (Fsp3) is 0.538. The van der Waals surface area contributed by atoms with Crippen LogP contribution in [0, 0.1) is 0 Å². The number of rotatable bonds is 2. The van der Waals surface area contributed by atoms with Crippen LogP contribution < -0.4 is 10.1 Å². The number of fused-ring (bicyclic) bond motifs is 1. The third kappa shape index (κ3) is 1.81. The molecule has 0 unspecified atom stereocenters. The van der Waals surface area contributed by atoms with Crippen LogP contribution in [0.4, 0.5) is 0 Å². The highest BCUT2D eigenvalue weighted by Crippen LogP contribution is 2.27. The van der Waals surface area contributed by atoms with Gasteiger partial charge in [-0.2, -0.15) is 0 Å². The van der Waals surface area contributed by atoms with E-state index in [-0.39, 0.29) is 5.60 Å². The van der Waals surface area contributed by atoms with E-state index in [1.54, 1.807) is 0 Å². The molecule has 1 fully saturated rings. The van der Waals surface area contributed by atoms with Crippen molar-refractivity contribution in [3.05, 3.63) is 29.3 Å². The maximum atomic E-state index is 5.95. The first-order valence-electron chi connectivity index (χ1n) is 5.84. The molecule has 1 aromatic rings. The van der Waals surface area contributed by atoms with Crippen LogP contribution in [0.2, 0.25) is 0 Å². The quantitative estimate of drug-likeness (QED) is 0.817. The Morgan fingerprint density at radius 2 is 2.19 bits per heavy atom. The smallest absolute Gasteiger partial charge is 0.152 e. The van der Waals surface area contributed by atoms with Crippen molar-refractivity contribution in [2.75, 3.05) is 19.8 Å². The zero-order valence-electron chi connectivity index (χ0n) is 9.58. The van der Waals surface area contributed by atoms with Gasteiger partial charge in [-0.1, -0.05) is 6.07 Å². The first kappa shape index (κ1) is 10.1. The molecular weight excluding hydrogens is 202 g/mol. The third-order valence-corrected chi connectivity index (χ3v) is 3.24. The number of ether oxygens (including phenoxy) is 2. The lowest BCUT2D eigenvalue weighted by Crippen LogP contribution is -2.51. The van der Waals surface area contributed by atoms with Crippen LogP contribution >= 0.6 is 0 Å². The predicted octanol–water partition coefficient (Wildman–Crippen LogP) is 1.50. The summed E-state index contributed by atoms with van der Waals surface area (Å²) < 4.78 is 11.1. The van der Waals surface area contributed by atoms with Crippen molar-refractivity contribution >= 4 is 0 Å². The molecule has 2 aliphatic rings. The topological polar surface area (TPSA) is 30.5 Å². The van der Waals surface area contributed by atoms with Crippen molar-refractivity contribution in [3.8, 4) is 5.75 Å². The molecule has 0 bridgehead atoms. The molecular formula is C13H17NO2. The van der Waals surface area contributed by atoms with E-state index in [1.165, 1.54) is 11.1 Å². The summed E-state index contributed by atoms with van der Waals surface area (Å²) in [6.45, 7) is 5.53. The van der Waals surface area contributed by atoms with Crippen molar-refractivity contribution in [2.24, 2.45) is 0 Å². The van der Waals surface area contributed by atoms with E-state index in [0.717, 1.165) is 25.3 Å². The lowest BCUT2D eigenvalue weighted by molar-refractivity contribution is -0.149. The standard InChI is InChI=1S/C13H17NO2/c1-13(8-15-9-13)16-12-3-2-10-4-5-14-7-11(10)6-12/h2-3,6,14H,4-5,7-9H2,1H3. The second-order valence-corrected chi connectivity index (χ2v) is 4.90. The van der Waals surface area contributed by atoms with E-state index >= 15 is 0 Å². The van der Waals surface area contributed by atoms with E-state index in [4.69, 9.17) is 9.47 Å². The van der Waals surface area contributed by atoms with Crippen LogP contribution in [0.15, 0.2) is 18.2 Å². The first-order valence-corrected chi connectivity index (χ1v) is 5.84. The second-order valence-electron chi connectivity index (χ2n) is 4.90. The van der Waals surface area contributed by atoms with Gasteiger partial charge >= 0.3 is 0 Å². The van der Waals surface area contributed by atoms with Crippen molar-refractivity contribution < 1.29 is 9.47 Å². The van der Waals surface area contributed by atoms with E-state index in [1.807, 2.05) is 0 Å². The average Bonchev–Trinajstić information content (AvgIpc) is 2.27. The SMILES string of the molecule is CC1(Oc2ccc3c(c2)CNCC3)COC1. The highest BCUT2D eigenvalue weighted by atomic mass is 16.6. The van der Waals surface area contributed by atoms with Crippen molar-refractivity contribution in [1.82, 2.24) is 5.32 Å². The van der Waals surface area contributed by atoms with Gasteiger partial charge in [-0.05, 0) is 43.1 Å². The Hall–Kier alpha value is -1.06. The molecule has 1 aromatic carbocycles. The van der Waals surface area contributed by atoms with Gasteiger partial charge in [-0.3, -0.25) is 0 Å². The Labute approximate surface area is 95.8 Å². The third-order valence-electron chi connectivity index (χ3n) is 3.24. The molecule has 0 radical (unpaired) electrons. The summed E-state index contributed by atoms with van der Waals surface area (Å²) in [5, 5.41) is 3.38. The first-order chi connectivity index (χ1) is 7.75. The van der Waals surface area contributed by atoms with Gasteiger partial charge in [-0.25, -0.2) is 0 Å². The molecule has 0 aliphatic carbocycles. The monoisotopic (exact) mass is 219 g/mol. The summed E-state index contributed by atoms with van der Waals surface area (Å²) in [4.78, 5) is 0. The fourth-order valence-electron chi connectivity index (χ4n) is 2.25. The zero-order chi connectivity index (χ0) is 11.0. The molecule has 1 saturated heterocycles. The predicted molar refractivity (Wildman–Crippen MR) is 61.7 cm³/mol. The van der Waals surface area contributed by atoms with Crippen LogP contribution in [-0.2, 0) is 17.7 Å². The van der Waals surface area contributed by atoms with E-state index in [9.17, 15) is 0 Å². The van der Waals surface area contributed by atoms with Gasteiger partial charge in [0.25, 0.3) is 0 Å². The maximum Gasteiger partial charge on any atom is 0.152 e. The molecule has 0 spiro atoms. The molecule has 0 amide bonds. The Morgan fingerprint density at radius 1 is 1.31 bits per heavy atom. The number of nitrogens with one attached hydrogen (secondary N) is 1. The maximum absolute atomic E-state index is 5.95. The molecule has 16 heavy (non-hydrogen) atoms. The van der Waals surface area contributed by atoms with Crippen LogP contribution in [0.5, 0.6) is 5.75 Å². The summed E-state index contributed by atoms with van der Waals surface area (Å²) >= 11 is 0. The molecule has 2 heterocycles. The lowest BCUT2D eigenvalue weighted by Gasteiger charge is -2.38. The minimum atomic E-state index is -0.115. The van der Waals surface area contributed by atoms with Crippen molar-refractivity contribution in [2.45, 2.75) is 25.5 Å². The van der Waals surface area contributed by atoms with E-state index in [0.29, 0.717) is 13.2 Å². The largest absolute Gasteiger partial charge is 0.483 e. The second kappa shape index (κ2) is 3.75. The minimum Gasteiger partial charge on any atom is -0.483 e. The number of hydrogen-bond donors (Lipinski definition) is 1. The molecule has 0 saturated carbocycles. The van der Waals surface area contributed by atoms with Crippen molar-refractivity contribution in [1.29, 1.82) is 0 Å². The molecule has 3 heteroatoms. The van der Waals surface area contributed by atoms with Gasteiger partial charge in [0.1, 0.15) is 5.75 Å². The molecule has 2 aliphatic heterocycles. The van der Waals surface area contributed by atoms with Gasteiger partial charge in [0.2, 0.25) is 0 Å². The molecule has 0 atom stereocenters. The van der Waals surface area contributed by atoms with Gasteiger partial charge in [0.05, 0.1) is 13.2 Å². The van der Waals surface area contributed by atoms with Gasteiger partial charge in [-0.15, -0.1) is 0 Å². The lowest BCUT2D eigenvalue weighted by atomic mass is 10.0. The molecule has 3 rings (SSSR count). The Morgan fingerprint density at radius 3 is 2.94 bits per heavy atom. The Balaban J connectivity index is 1.80. The Kier molecular flexibility index (Phi) is 2.37. The van der Waals surface area contributed by atoms with Gasteiger partial charge < -0.3 is 14.8 Å². The molecule has 86 valence electrons. The van der Waals surface area contributed by atoms with Gasteiger partial charge in [0, 0.05) is 6.54 Å². The summed E-state index contributed by atoms with van der Waals surface area (Å²) in [7, 11) is 0. The highest BCUT2D eigenvalue weighted by molar-refractivity contribution is 5.37. The number of hydrogen-bond acceptors (Lipinski definition) is 3. The van der Waals surface area contributed by atoms with Crippen molar-refractivity contribution in [3.63, 3.8) is 0 Å². The van der Waals surface area contributed by atoms with Crippen LogP contribution in [-0.4, -0.2) is 25.4 Å². The molecule has 1 N–H and O–H groups in total. The highest BCUT2D eigenvalue weighted by Gasteiger charge is 2.35. The Bertz CT molecular complexity index is 399. The normalized spacial score (nSPS) is 22.1. The minimum absolute atomic E-state index is 0.115. The average molecular weight is 219 g/mol. The molecule has 0 aromatic heterocycles. The van der Waals surface area contributed by atoms with Crippen LogP contribution in [0.25, 0.3) is 0 Å². The van der Waals surface area contributed by atoms with Gasteiger partial charge in [0.15, 0.2) is 5.60 Å². The summed E-state index contributed by atoms with van der Waals surface area (Å²) in [5.74, 6) is 0.966. The fourth-order valence-corrected chi connectivity index (χ4v) is 2.25.